The number of nitrogens with two attached hydrogens (primary N) is 1. The van der Waals surface area contributed by atoms with Gasteiger partial charge >= 0.3 is 7.82 Å². The second kappa shape index (κ2) is 6.84. The number of aliphatic hydroxyl groups excluding tert-OH is 1. The van der Waals surface area contributed by atoms with Crippen molar-refractivity contribution in [2.24, 2.45) is 5.73 Å². The monoisotopic (exact) mass is 277 g/mol. The lowest BCUT2D eigenvalue weighted by atomic mass is 10.2. The molecule has 0 aromatic heterocycles. The summed E-state index contributed by atoms with van der Waals surface area (Å²) in [6.07, 6.45) is -1.15. The van der Waals surface area contributed by atoms with Crippen LogP contribution in [0.5, 0.6) is 5.75 Å². The Morgan fingerprint density at radius 1 is 1.28 bits per heavy atom. The number of hydrogen-bond acceptors (Lipinski definition) is 6. The lowest BCUT2D eigenvalue weighted by molar-refractivity contribution is -0.0424. The summed E-state index contributed by atoms with van der Waals surface area (Å²) in [7, 11) is -4.16. The number of benzene rings is 1. The molecule has 0 aliphatic heterocycles. The maximum atomic E-state index is 11.4. The Morgan fingerprint density at radius 2 is 1.89 bits per heavy atom. The van der Waals surface area contributed by atoms with Crippen molar-refractivity contribution in [1.82, 2.24) is 0 Å². The Bertz CT molecular complexity index is 407. The van der Waals surface area contributed by atoms with Gasteiger partial charge in [-0.3, -0.25) is 9.42 Å². The fraction of sp³-hybridized carbons (Fsp3) is 0.400. The van der Waals surface area contributed by atoms with E-state index >= 15 is 0 Å². The van der Waals surface area contributed by atoms with Crippen LogP contribution in [0.4, 0.5) is 0 Å². The van der Waals surface area contributed by atoms with Gasteiger partial charge in [0.15, 0.2) is 6.29 Å². The van der Waals surface area contributed by atoms with Crippen molar-refractivity contribution in [3.8, 4) is 5.75 Å². The molecule has 1 atom stereocenters. The van der Waals surface area contributed by atoms with E-state index in [9.17, 15) is 9.46 Å². The summed E-state index contributed by atoms with van der Waals surface area (Å²) in [5.74, 6) is 0.0954. The summed E-state index contributed by atoms with van der Waals surface area (Å²) < 4.78 is 20.9. The zero-order chi connectivity index (χ0) is 13.6. The Labute approximate surface area is 104 Å². The molecular formula is C10H16NO6P. The molecule has 5 N–H and O–H groups in total. The van der Waals surface area contributed by atoms with E-state index in [1.807, 2.05) is 0 Å². The Hall–Kier alpha value is -0.950. The van der Waals surface area contributed by atoms with Crippen molar-refractivity contribution in [1.29, 1.82) is 0 Å². The largest absolute Gasteiger partial charge is 0.527 e. The molecule has 8 heteroatoms. The quantitative estimate of drug-likeness (QED) is 0.325. The van der Waals surface area contributed by atoms with Crippen molar-refractivity contribution in [3.05, 3.63) is 29.8 Å². The summed E-state index contributed by atoms with van der Waals surface area (Å²) in [5.41, 5.74) is 5.47. The lowest BCUT2D eigenvalue weighted by Crippen LogP contribution is -2.05. The molecule has 1 aromatic carbocycles. The first-order valence-electron chi connectivity index (χ1n) is 5.28. The Balaban J connectivity index is 2.58. The van der Waals surface area contributed by atoms with Gasteiger partial charge in [0.25, 0.3) is 0 Å². The Kier molecular flexibility index (Phi) is 5.74. The SMILES string of the molecule is NCCCOP(=O)(O)Oc1ccc(C(O)O)cc1. The minimum Gasteiger partial charge on any atom is -0.404 e. The molecule has 0 bridgehead atoms. The molecule has 1 rings (SSSR count). The van der Waals surface area contributed by atoms with E-state index in [1.165, 1.54) is 24.3 Å². The molecule has 0 heterocycles. The zero-order valence-electron chi connectivity index (χ0n) is 9.60. The first kappa shape index (κ1) is 15.1. The fourth-order valence-corrected chi connectivity index (χ4v) is 1.92. The normalized spacial score (nSPS) is 14.5. The van der Waals surface area contributed by atoms with Crippen LogP contribution >= 0.6 is 7.82 Å². The van der Waals surface area contributed by atoms with Gasteiger partial charge in [-0.05, 0) is 25.1 Å². The highest BCUT2D eigenvalue weighted by Crippen LogP contribution is 2.43. The molecule has 0 spiro atoms. The van der Waals surface area contributed by atoms with E-state index < -0.39 is 14.1 Å². The van der Waals surface area contributed by atoms with Gasteiger partial charge < -0.3 is 20.5 Å². The van der Waals surface area contributed by atoms with Gasteiger partial charge in [-0.15, -0.1) is 0 Å². The van der Waals surface area contributed by atoms with Crippen molar-refractivity contribution in [3.63, 3.8) is 0 Å². The number of aliphatic hydroxyl groups is 2. The number of hydrogen-bond donors (Lipinski definition) is 4. The van der Waals surface area contributed by atoms with Crippen LogP contribution in [-0.2, 0) is 9.09 Å². The van der Waals surface area contributed by atoms with Crippen LogP contribution in [0.1, 0.15) is 18.3 Å². The van der Waals surface area contributed by atoms with Gasteiger partial charge in [-0.25, -0.2) is 4.57 Å². The van der Waals surface area contributed by atoms with Crippen LogP contribution < -0.4 is 10.3 Å². The predicted molar refractivity (Wildman–Crippen MR) is 63.7 cm³/mol. The van der Waals surface area contributed by atoms with Gasteiger partial charge in [0, 0.05) is 5.56 Å². The summed E-state index contributed by atoms with van der Waals surface area (Å²) in [5, 5.41) is 17.7. The zero-order valence-corrected chi connectivity index (χ0v) is 10.5. The van der Waals surface area contributed by atoms with Crippen LogP contribution in [0.25, 0.3) is 0 Å². The summed E-state index contributed by atoms with van der Waals surface area (Å²) in [6.45, 7) is 0.376. The van der Waals surface area contributed by atoms with E-state index in [2.05, 4.69) is 4.52 Å². The molecule has 0 radical (unpaired) electrons. The first-order chi connectivity index (χ1) is 8.44. The van der Waals surface area contributed by atoms with E-state index in [-0.39, 0.29) is 17.9 Å². The molecule has 0 fully saturated rings. The molecule has 102 valence electrons. The van der Waals surface area contributed by atoms with Gasteiger partial charge in [0.1, 0.15) is 5.75 Å². The van der Waals surface area contributed by atoms with Crippen LogP contribution in [0, 0.1) is 0 Å². The summed E-state index contributed by atoms with van der Waals surface area (Å²) in [4.78, 5) is 9.34. The molecule has 1 unspecified atom stereocenters. The molecular weight excluding hydrogens is 261 g/mol. The maximum absolute atomic E-state index is 11.4. The van der Waals surface area contributed by atoms with Gasteiger partial charge in [-0.2, -0.15) is 0 Å². The molecule has 0 saturated carbocycles. The van der Waals surface area contributed by atoms with Gasteiger partial charge in [0.05, 0.1) is 6.61 Å². The third kappa shape index (κ3) is 5.14. The highest BCUT2D eigenvalue weighted by atomic mass is 31.2. The molecule has 1 aromatic rings. The standard InChI is InChI=1S/C10H16NO6P/c11-6-1-7-16-18(14,15)17-9-4-2-8(3-5-9)10(12)13/h2-5,10,12-13H,1,6-7,11H2,(H,14,15). The van der Waals surface area contributed by atoms with Crippen LogP contribution in [-0.4, -0.2) is 28.3 Å². The predicted octanol–water partition coefficient (Wildman–Crippen LogP) is 0.514. The summed E-state index contributed by atoms with van der Waals surface area (Å²) in [6, 6.07) is 5.40. The van der Waals surface area contributed by atoms with Crippen molar-refractivity contribution >= 4 is 7.82 Å². The van der Waals surface area contributed by atoms with Crippen LogP contribution in [0.2, 0.25) is 0 Å². The summed E-state index contributed by atoms with van der Waals surface area (Å²) >= 11 is 0. The molecule has 0 aliphatic carbocycles. The van der Waals surface area contributed by atoms with Crippen LogP contribution in [0.15, 0.2) is 24.3 Å². The third-order valence-corrected chi connectivity index (χ3v) is 2.95. The van der Waals surface area contributed by atoms with Crippen LogP contribution in [0.3, 0.4) is 0 Å². The molecule has 0 saturated heterocycles. The maximum Gasteiger partial charge on any atom is 0.527 e. The smallest absolute Gasteiger partial charge is 0.404 e. The second-order valence-electron chi connectivity index (χ2n) is 3.48. The Morgan fingerprint density at radius 3 is 2.39 bits per heavy atom. The molecule has 18 heavy (non-hydrogen) atoms. The van der Waals surface area contributed by atoms with Crippen molar-refractivity contribution in [2.45, 2.75) is 12.7 Å². The average Bonchev–Trinajstić information content (AvgIpc) is 2.29. The molecule has 0 amide bonds. The topological polar surface area (TPSA) is 122 Å². The van der Waals surface area contributed by atoms with E-state index in [1.54, 1.807) is 0 Å². The van der Waals surface area contributed by atoms with Crippen molar-refractivity contribution < 1.29 is 28.7 Å². The lowest BCUT2D eigenvalue weighted by Gasteiger charge is -2.13. The minimum absolute atomic E-state index is 0.0255. The number of phosphoric ester groups is 1. The number of phosphoric acid groups is 1. The fourth-order valence-electron chi connectivity index (χ4n) is 1.12. The first-order valence-corrected chi connectivity index (χ1v) is 6.77. The van der Waals surface area contributed by atoms with Gasteiger partial charge in [0.2, 0.25) is 0 Å². The number of rotatable bonds is 7. The molecule has 0 aliphatic rings. The highest BCUT2D eigenvalue weighted by molar-refractivity contribution is 7.47. The second-order valence-corrected chi connectivity index (χ2v) is 4.86. The highest BCUT2D eigenvalue weighted by Gasteiger charge is 2.22. The molecule has 7 nitrogen and oxygen atoms in total. The van der Waals surface area contributed by atoms with Crippen molar-refractivity contribution in [2.75, 3.05) is 13.2 Å². The van der Waals surface area contributed by atoms with E-state index in [4.69, 9.17) is 20.5 Å². The third-order valence-electron chi connectivity index (χ3n) is 2.00. The van der Waals surface area contributed by atoms with Gasteiger partial charge in [-0.1, -0.05) is 12.1 Å². The average molecular weight is 277 g/mol. The van der Waals surface area contributed by atoms with E-state index in [0.29, 0.717) is 13.0 Å². The van der Waals surface area contributed by atoms with E-state index in [0.717, 1.165) is 0 Å². The minimum atomic E-state index is -4.16.